The van der Waals surface area contributed by atoms with Crippen LogP contribution in [0.15, 0.2) is 48.9 Å². The molecule has 0 bridgehead atoms. The number of carbonyl (C=O) groups is 1. The van der Waals surface area contributed by atoms with Crippen molar-refractivity contribution in [3.8, 4) is 11.3 Å². The summed E-state index contributed by atoms with van der Waals surface area (Å²) in [6.45, 7) is 1.70. The predicted molar refractivity (Wildman–Crippen MR) is 95.3 cm³/mol. The second kappa shape index (κ2) is 6.43. The molecule has 0 spiro atoms. The van der Waals surface area contributed by atoms with Gasteiger partial charge in [-0.05, 0) is 6.42 Å². The topological polar surface area (TPSA) is 78.8 Å². The molecule has 1 amide bonds. The zero-order valence-electron chi connectivity index (χ0n) is 14.0. The number of nitrogens with one attached hydrogen (secondary N) is 2. The van der Waals surface area contributed by atoms with Crippen LogP contribution in [0.3, 0.4) is 0 Å². The Hall–Kier alpha value is -3.09. The fourth-order valence-electron chi connectivity index (χ4n) is 3.23. The average molecular weight is 336 g/mol. The molecule has 3 heterocycles. The highest BCUT2D eigenvalue weighted by Crippen LogP contribution is 2.22. The van der Waals surface area contributed by atoms with Gasteiger partial charge in [-0.3, -0.25) is 14.6 Å². The Morgan fingerprint density at radius 1 is 1.28 bits per heavy atom. The van der Waals surface area contributed by atoms with Gasteiger partial charge in [0.1, 0.15) is 0 Å². The molecule has 0 aliphatic carbocycles. The quantitative estimate of drug-likeness (QED) is 0.762. The lowest BCUT2D eigenvalue weighted by atomic mass is 10.1. The van der Waals surface area contributed by atoms with E-state index in [1.165, 1.54) is 0 Å². The molecule has 7 nitrogen and oxygen atoms in total. The maximum Gasteiger partial charge on any atom is 0.255 e. The van der Waals surface area contributed by atoms with Gasteiger partial charge in [-0.15, -0.1) is 0 Å². The molecule has 1 aromatic carbocycles. The highest BCUT2D eigenvalue weighted by molar-refractivity contribution is 5.99. The molecule has 7 heteroatoms. The van der Waals surface area contributed by atoms with Crippen LogP contribution in [-0.4, -0.2) is 45.0 Å². The number of aromatic nitrogens is 4. The van der Waals surface area contributed by atoms with Crippen molar-refractivity contribution in [3.05, 3.63) is 54.5 Å². The smallest absolute Gasteiger partial charge is 0.255 e. The molecule has 25 heavy (non-hydrogen) atoms. The van der Waals surface area contributed by atoms with Gasteiger partial charge in [0.15, 0.2) is 0 Å². The first kappa shape index (κ1) is 15.4. The number of hydrogen-bond donors (Lipinski definition) is 2. The average Bonchev–Trinajstić information content (AvgIpc) is 3.35. The minimum atomic E-state index is -0.0920. The van der Waals surface area contributed by atoms with Crippen molar-refractivity contribution < 1.29 is 4.79 Å². The molecule has 0 unspecified atom stereocenters. The minimum Gasteiger partial charge on any atom is -0.367 e. The maximum absolute atomic E-state index is 12.7. The number of nitrogens with zero attached hydrogens (tertiary/aromatic N) is 4. The highest BCUT2D eigenvalue weighted by Gasteiger charge is 2.26. The number of carbonyl (C=O) groups excluding carboxylic acids is 1. The normalized spacial score (nSPS) is 17.0. The Morgan fingerprint density at radius 2 is 2.12 bits per heavy atom. The summed E-state index contributed by atoms with van der Waals surface area (Å²) < 4.78 is 1.79. The van der Waals surface area contributed by atoms with Gasteiger partial charge in [-0.25, -0.2) is 0 Å². The molecule has 1 fully saturated rings. The van der Waals surface area contributed by atoms with Crippen molar-refractivity contribution in [2.45, 2.75) is 12.5 Å². The predicted octanol–water partition coefficient (Wildman–Crippen LogP) is 1.82. The van der Waals surface area contributed by atoms with E-state index in [-0.39, 0.29) is 11.9 Å². The summed E-state index contributed by atoms with van der Waals surface area (Å²) in [6, 6.07) is 9.88. The standard InChI is InChI=1S/C18H20N6O/c1-23-12-15(9-20-23)24-8-7-14(11-24)21-18(25)16-10-19-22-17(16)13-5-3-2-4-6-13/h2-6,9-10,12,14H,7-8,11H2,1H3,(H,19,22)(H,21,25)/t14-/m1/s1. The molecule has 0 radical (unpaired) electrons. The Balaban J connectivity index is 1.44. The summed E-state index contributed by atoms with van der Waals surface area (Å²) in [6.07, 6.45) is 6.35. The van der Waals surface area contributed by atoms with Gasteiger partial charge in [0.2, 0.25) is 0 Å². The molecular formula is C18H20N6O. The van der Waals surface area contributed by atoms with Crippen LogP contribution >= 0.6 is 0 Å². The monoisotopic (exact) mass is 336 g/mol. The lowest BCUT2D eigenvalue weighted by molar-refractivity contribution is 0.0941. The van der Waals surface area contributed by atoms with Gasteiger partial charge in [-0.1, -0.05) is 30.3 Å². The Labute approximate surface area is 145 Å². The number of anilines is 1. The van der Waals surface area contributed by atoms with Crippen LogP contribution in [0.2, 0.25) is 0 Å². The van der Waals surface area contributed by atoms with E-state index in [0.29, 0.717) is 5.56 Å². The van der Waals surface area contributed by atoms with Gasteiger partial charge < -0.3 is 10.2 Å². The SMILES string of the molecule is Cn1cc(N2CC[C@@H](NC(=O)c3cn[nH]c3-c3ccccc3)C2)cn1. The summed E-state index contributed by atoms with van der Waals surface area (Å²) in [5, 5.41) is 14.3. The summed E-state index contributed by atoms with van der Waals surface area (Å²) >= 11 is 0. The number of aryl methyl sites for hydroxylation is 1. The zero-order valence-corrected chi connectivity index (χ0v) is 14.0. The van der Waals surface area contributed by atoms with Gasteiger partial charge >= 0.3 is 0 Å². The zero-order chi connectivity index (χ0) is 17.2. The minimum absolute atomic E-state index is 0.0920. The van der Waals surface area contributed by atoms with Gasteiger partial charge in [0.05, 0.1) is 29.3 Å². The molecule has 1 atom stereocenters. The van der Waals surface area contributed by atoms with Gasteiger partial charge in [0, 0.05) is 37.9 Å². The number of benzene rings is 1. The molecular weight excluding hydrogens is 316 g/mol. The lowest BCUT2D eigenvalue weighted by Gasteiger charge is -2.16. The summed E-state index contributed by atoms with van der Waals surface area (Å²) in [5.41, 5.74) is 3.37. The summed E-state index contributed by atoms with van der Waals surface area (Å²) in [7, 11) is 1.91. The first-order valence-corrected chi connectivity index (χ1v) is 8.34. The van der Waals surface area contributed by atoms with Crippen LogP contribution < -0.4 is 10.2 Å². The second-order valence-corrected chi connectivity index (χ2v) is 6.30. The molecule has 2 N–H and O–H groups in total. The van der Waals surface area contributed by atoms with Crippen molar-refractivity contribution >= 4 is 11.6 Å². The third kappa shape index (κ3) is 3.13. The first-order valence-electron chi connectivity index (χ1n) is 8.34. The Morgan fingerprint density at radius 3 is 2.88 bits per heavy atom. The van der Waals surface area contributed by atoms with Crippen LogP contribution in [0.4, 0.5) is 5.69 Å². The van der Waals surface area contributed by atoms with Gasteiger partial charge in [0.25, 0.3) is 5.91 Å². The van der Waals surface area contributed by atoms with E-state index in [1.54, 1.807) is 10.9 Å². The largest absolute Gasteiger partial charge is 0.367 e. The van der Waals surface area contributed by atoms with Crippen LogP contribution in [0.25, 0.3) is 11.3 Å². The van der Waals surface area contributed by atoms with Crippen LogP contribution in [0, 0.1) is 0 Å². The van der Waals surface area contributed by atoms with Crippen LogP contribution in [0.1, 0.15) is 16.8 Å². The van der Waals surface area contributed by atoms with Crippen molar-refractivity contribution in [2.24, 2.45) is 7.05 Å². The van der Waals surface area contributed by atoms with Crippen molar-refractivity contribution in [1.29, 1.82) is 0 Å². The maximum atomic E-state index is 12.7. The van der Waals surface area contributed by atoms with Crippen LogP contribution in [-0.2, 0) is 7.05 Å². The number of amides is 1. The Kier molecular flexibility index (Phi) is 3.97. The van der Waals surface area contributed by atoms with E-state index in [1.807, 2.05) is 49.8 Å². The van der Waals surface area contributed by atoms with Gasteiger partial charge in [-0.2, -0.15) is 10.2 Å². The van der Waals surface area contributed by atoms with Crippen molar-refractivity contribution in [2.75, 3.05) is 18.0 Å². The fourth-order valence-corrected chi connectivity index (χ4v) is 3.23. The third-order valence-electron chi connectivity index (χ3n) is 4.53. The third-order valence-corrected chi connectivity index (χ3v) is 4.53. The molecule has 1 saturated heterocycles. The first-order chi connectivity index (χ1) is 12.2. The van der Waals surface area contributed by atoms with E-state index in [2.05, 4.69) is 25.5 Å². The lowest BCUT2D eigenvalue weighted by Crippen LogP contribution is -2.37. The van der Waals surface area contributed by atoms with E-state index >= 15 is 0 Å². The number of rotatable bonds is 4. The van der Waals surface area contributed by atoms with E-state index < -0.39 is 0 Å². The second-order valence-electron chi connectivity index (χ2n) is 6.30. The fraction of sp³-hybridized carbons (Fsp3) is 0.278. The van der Waals surface area contributed by atoms with Crippen molar-refractivity contribution in [3.63, 3.8) is 0 Å². The molecule has 0 saturated carbocycles. The van der Waals surface area contributed by atoms with E-state index in [0.717, 1.165) is 36.5 Å². The molecule has 1 aliphatic heterocycles. The summed E-state index contributed by atoms with van der Waals surface area (Å²) in [4.78, 5) is 14.9. The summed E-state index contributed by atoms with van der Waals surface area (Å²) in [5.74, 6) is -0.0920. The number of H-pyrrole nitrogens is 1. The van der Waals surface area contributed by atoms with E-state index in [9.17, 15) is 4.79 Å². The van der Waals surface area contributed by atoms with Crippen molar-refractivity contribution in [1.82, 2.24) is 25.3 Å². The highest BCUT2D eigenvalue weighted by atomic mass is 16.1. The number of hydrogen-bond acceptors (Lipinski definition) is 4. The van der Waals surface area contributed by atoms with E-state index in [4.69, 9.17) is 0 Å². The Bertz CT molecular complexity index is 869. The number of aromatic amines is 1. The van der Waals surface area contributed by atoms with Crippen LogP contribution in [0.5, 0.6) is 0 Å². The molecule has 4 rings (SSSR count). The molecule has 2 aromatic heterocycles. The molecule has 128 valence electrons. The molecule has 1 aliphatic rings. The molecule has 3 aromatic rings.